The Labute approximate surface area is 115 Å². The van der Waals surface area contributed by atoms with Crippen LogP contribution in [0.3, 0.4) is 0 Å². The summed E-state index contributed by atoms with van der Waals surface area (Å²) in [4.78, 5) is 11.8. The first kappa shape index (κ1) is 15.1. The van der Waals surface area contributed by atoms with Gasteiger partial charge < -0.3 is 9.88 Å². The molecule has 0 saturated heterocycles. The third kappa shape index (κ3) is 3.23. The molecule has 0 aromatic carbocycles. The lowest BCUT2D eigenvalue weighted by atomic mass is 9.98. The molecule has 0 spiro atoms. The number of aromatic nitrogens is 1. The number of rotatable bonds is 4. The molecule has 3 nitrogen and oxygen atoms in total. The molecule has 1 atom stereocenters. The second-order valence-corrected chi connectivity index (χ2v) is 5.30. The van der Waals surface area contributed by atoms with E-state index >= 15 is 0 Å². The van der Waals surface area contributed by atoms with E-state index in [2.05, 4.69) is 5.32 Å². The topological polar surface area (TPSA) is 34.0 Å². The van der Waals surface area contributed by atoms with Crippen molar-refractivity contribution in [2.24, 2.45) is 5.92 Å². The maximum absolute atomic E-state index is 13.0. The first-order valence-electron chi connectivity index (χ1n) is 6.88. The Morgan fingerprint density at radius 1 is 1.35 bits per heavy atom. The van der Waals surface area contributed by atoms with Gasteiger partial charge in [0.1, 0.15) is 5.69 Å². The highest BCUT2D eigenvalue weighted by Gasteiger charge is 2.35. The van der Waals surface area contributed by atoms with E-state index in [1.54, 1.807) is 7.05 Å². The van der Waals surface area contributed by atoms with Crippen LogP contribution in [0.15, 0.2) is 23.0 Å². The number of pyridine rings is 1. The molecule has 0 aliphatic heterocycles. The van der Waals surface area contributed by atoms with Crippen LogP contribution in [0, 0.1) is 5.92 Å². The molecular formula is C14H19F3N2O. The van der Waals surface area contributed by atoms with Crippen molar-refractivity contribution in [2.75, 3.05) is 7.05 Å². The quantitative estimate of drug-likeness (QED) is 0.924. The van der Waals surface area contributed by atoms with E-state index in [0.717, 1.165) is 42.4 Å². The predicted octanol–water partition coefficient (Wildman–Crippen LogP) is 2.65. The third-order valence-corrected chi connectivity index (χ3v) is 4.06. The molecule has 1 aliphatic carbocycles. The molecule has 1 heterocycles. The van der Waals surface area contributed by atoms with Crippen LogP contribution in [-0.4, -0.2) is 17.7 Å². The monoisotopic (exact) mass is 288 g/mol. The van der Waals surface area contributed by atoms with E-state index < -0.39 is 17.4 Å². The van der Waals surface area contributed by atoms with E-state index in [-0.39, 0.29) is 12.6 Å². The van der Waals surface area contributed by atoms with Gasteiger partial charge in [-0.1, -0.05) is 18.9 Å². The maximum Gasteiger partial charge on any atom is 0.431 e. The van der Waals surface area contributed by atoms with Gasteiger partial charge in [0.05, 0.1) is 0 Å². The van der Waals surface area contributed by atoms with Gasteiger partial charge in [0, 0.05) is 18.7 Å². The van der Waals surface area contributed by atoms with Gasteiger partial charge in [-0.25, -0.2) is 0 Å². The summed E-state index contributed by atoms with van der Waals surface area (Å²) in [5.74, 6) is 0.341. The summed E-state index contributed by atoms with van der Waals surface area (Å²) >= 11 is 0. The van der Waals surface area contributed by atoms with E-state index in [1.165, 1.54) is 6.07 Å². The fourth-order valence-electron chi connectivity index (χ4n) is 2.99. The molecule has 0 amide bonds. The minimum atomic E-state index is -4.51. The Balaban J connectivity index is 2.29. The van der Waals surface area contributed by atoms with Crippen LogP contribution in [0.1, 0.15) is 31.4 Å². The Hall–Kier alpha value is -1.30. The molecule has 1 fully saturated rings. The van der Waals surface area contributed by atoms with Crippen molar-refractivity contribution in [1.82, 2.24) is 9.88 Å². The van der Waals surface area contributed by atoms with Crippen molar-refractivity contribution in [1.29, 1.82) is 0 Å². The largest absolute Gasteiger partial charge is 0.431 e. The van der Waals surface area contributed by atoms with Crippen LogP contribution < -0.4 is 10.9 Å². The van der Waals surface area contributed by atoms with Crippen LogP contribution in [-0.2, 0) is 12.7 Å². The molecule has 1 aromatic heterocycles. The van der Waals surface area contributed by atoms with Crippen molar-refractivity contribution in [3.63, 3.8) is 0 Å². The Morgan fingerprint density at radius 3 is 2.55 bits per heavy atom. The third-order valence-electron chi connectivity index (χ3n) is 4.06. The zero-order chi connectivity index (χ0) is 14.8. The summed E-state index contributed by atoms with van der Waals surface area (Å²) in [6.07, 6.45) is -0.269. The fourth-order valence-corrected chi connectivity index (χ4v) is 2.99. The molecule has 1 aliphatic rings. The number of alkyl halides is 3. The summed E-state index contributed by atoms with van der Waals surface area (Å²) < 4.78 is 39.8. The molecule has 20 heavy (non-hydrogen) atoms. The van der Waals surface area contributed by atoms with Gasteiger partial charge >= 0.3 is 6.18 Å². The Bertz CT molecular complexity index is 504. The van der Waals surface area contributed by atoms with Gasteiger partial charge in [-0.2, -0.15) is 13.2 Å². The molecule has 6 heteroatoms. The molecule has 1 saturated carbocycles. The minimum Gasteiger partial charge on any atom is -0.315 e. The molecule has 112 valence electrons. The van der Waals surface area contributed by atoms with Gasteiger partial charge in [0.25, 0.3) is 5.56 Å². The number of hydrogen-bond donors (Lipinski definition) is 1. The van der Waals surface area contributed by atoms with Crippen molar-refractivity contribution in [3.05, 3.63) is 34.2 Å². The van der Waals surface area contributed by atoms with E-state index in [1.807, 2.05) is 0 Å². The molecule has 1 N–H and O–H groups in total. The summed E-state index contributed by atoms with van der Waals surface area (Å²) in [5.41, 5.74) is -1.47. The van der Waals surface area contributed by atoms with Gasteiger partial charge in [-0.15, -0.1) is 0 Å². The second kappa shape index (κ2) is 5.99. The number of likely N-dealkylation sites (N-methyl/N-ethyl adjacent to an activating group) is 1. The average Bonchev–Trinajstić information content (AvgIpc) is 2.89. The van der Waals surface area contributed by atoms with Crippen molar-refractivity contribution in [3.8, 4) is 0 Å². The molecule has 1 unspecified atom stereocenters. The van der Waals surface area contributed by atoms with Crippen molar-refractivity contribution < 1.29 is 13.2 Å². The molecule has 1 aromatic rings. The standard InChI is InChI=1S/C14H19F3N2O/c1-18-11(10-5-2-3-6-10)9-19-12(14(15,16)17)7-4-8-13(19)20/h4,7-8,10-11,18H,2-3,5-6,9H2,1H3. The van der Waals surface area contributed by atoms with Crippen molar-refractivity contribution >= 4 is 0 Å². The minimum absolute atomic E-state index is 0.0652. The van der Waals surface area contributed by atoms with E-state index in [0.29, 0.717) is 5.92 Å². The maximum atomic E-state index is 13.0. The highest BCUT2D eigenvalue weighted by Crippen LogP contribution is 2.31. The highest BCUT2D eigenvalue weighted by molar-refractivity contribution is 5.10. The summed E-state index contributed by atoms with van der Waals surface area (Å²) in [7, 11) is 1.74. The van der Waals surface area contributed by atoms with E-state index in [4.69, 9.17) is 0 Å². The van der Waals surface area contributed by atoms with Gasteiger partial charge in [-0.3, -0.25) is 4.79 Å². The highest BCUT2D eigenvalue weighted by atomic mass is 19.4. The summed E-state index contributed by atoms with van der Waals surface area (Å²) in [6, 6.07) is 3.20. The molecular weight excluding hydrogens is 269 g/mol. The lowest BCUT2D eigenvalue weighted by molar-refractivity contribution is -0.144. The summed E-state index contributed by atoms with van der Waals surface area (Å²) in [6.45, 7) is 0.0652. The van der Waals surface area contributed by atoms with Gasteiger partial charge in [0.15, 0.2) is 0 Å². The summed E-state index contributed by atoms with van der Waals surface area (Å²) in [5, 5.41) is 3.07. The average molecular weight is 288 g/mol. The van der Waals surface area contributed by atoms with Gasteiger partial charge in [0.2, 0.25) is 0 Å². The normalized spacial score (nSPS) is 18.4. The fraction of sp³-hybridized carbons (Fsp3) is 0.643. The first-order valence-corrected chi connectivity index (χ1v) is 6.88. The van der Waals surface area contributed by atoms with Crippen molar-refractivity contribution in [2.45, 2.75) is 44.4 Å². The zero-order valence-electron chi connectivity index (χ0n) is 11.4. The van der Waals surface area contributed by atoms with Crippen LogP contribution in [0.4, 0.5) is 13.2 Å². The van der Waals surface area contributed by atoms with Crippen LogP contribution in [0.5, 0.6) is 0 Å². The lowest BCUT2D eigenvalue weighted by Gasteiger charge is -2.25. The molecule has 0 bridgehead atoms. The number of hydrogen-bond acceptors (Lipinski definition) is 2. The smallest absolute Gasteiger partial charge is 0.315 e. The first-order chi connectivity index (χ1) is 9.43. The number of nitrogens with zero attached hydrogens (tertiary/aromatic N) is 1. The van der Waals surface area contributed by atoms with Gasteiger partial charge in [-0.05, 0) is 31.9 Å². The van der Waals surface area contributed by atoms with E-state index in [9.17, 15) is 18.0 Å². The van der Waals surface area contributed by atoms with Crippen LogP contribution >= 0.6 is 0 Å². The lowest BCUT2D eigenvalue weighted by Crippen LogP contribution is -2.41. The second-order valence-electron chi connectivity index (χ2n) is 5.30. The molecule has 2 rings (SSSR count). The predicted molar refractivity (Wildman–Crippen MR) is 70.5 cm³/mol. The Kier molecular flexibility index (Phi) is 4.52. The number of nitrogens with one attached hydrogen (secondary N) is 1. The Morgan fingerprint density at radius 2 is 2.00 bits per heavy atom. The molecule has 0 radical (unpaired) electrons. The van der Waals surface area contributed by atoms with Crippen LogP contribution in [0.2, 0.25) is 0 Å². The SMILES string of the molecule is CNC(Cn1c(C(F)(F)F)cccc1=O)C1CCCC1. The zero-order valence-corrected chi connectivity index (χ0v) is 11.4. The van der Waals surface area contributed by atoms with Crippen LogP contribution in [0.25, 0.3) is 0 Å². The number of halogens is 3.